The van der Waals surface area contributed by atoms with E-state index in [-0.39, 0.29) is 5.95 Å². The molecule has 0 bridgehead atoms. The van der Waals surface area contributed by atoms with Crippen LogP contribution in [0.1, 0.15) is 0 Å². The molecule has 22 heavy (non-hydrogen) atoms. The molecule has 116 valence electrons. The first-order chi connectivity index (χ1) is 10.2. The number of rotatable bonds is 4. The number of aromatic nitrogens is 2. The first-order valence-corrected chi connectivity index (χ1v) is 6.57. The first-order valence-electron chi connectivity index (χ1n) is 5.78. The maximum atomic E-state index is 12.4. The second kappa shape index (κ2) is 5.89. The average Bonchev–Trinajstić information content (AvgIpc) is 2.79. The van der Waals surface area contributed by atoms with Crippen LogP contribution >= 0.6 is 15.9 Å². The van der Waals surface area contributed by atoms with Gasteiger partial charge in [0.1, 0.15) is 11.8 Å². The van der Waals surface area contributed by atoms with Crippen LogP contribution in [0, 0.1) is 5.41 Å². The molecule has 5 N–H and O–H groups in total. The van der Waals surface area contributed by atoms with E-state index >= 15 is 0 Å². The van der Waals surface area contributed by atoms with Crippen molar-refractivity contribution in [3.8, 4) is 0 Å². The predicted octanol–water partition coefficient (Wildman–Crippen LogP) is 2.07. The van der Waals surface area contributed by atoms with Crippen LogP contribution in [0.15, 0.2) is 34.4 Å². The van der Waals surface area contributed by atoms with Crippen molar-refractivity contribution in [1.29, 1.82) is 5.41 Å². The van der Waals surface area contributed by atoms with Crippen LogP contribution in [0.2, 0.25) is 0 Å². The van der Waals surface area contributed by atoms with Crippen LogP contribution in [-0.4, -0.2) is 32.9 Å². The highest BCUT2D eigenvalue weighted by Crippen LogP contribution is 2.21. The Kier molecular flexibility index (Phi) is 4.33. The fourth-order valence-corrected chi connectivity index (χ4v) is 2.02. The smallest absolute Gasteiger partial charge is 0.433 e. The molecule has 0 fully saturated rings. The van der Waals surface area contributed by atoms with Gasteiger partial charge >= 0.3 is 18.1 Å². The van der Waals surface area contributed by atoms with E-state index in [2.05, 4.69) is 25.9 Å². The summed E-state index contributed by atoms with van der Waals surface area (Å²) in [5.41, 5.74) is -1.87. The predicted molar refractivity (Wildman–Crippen MR) is 74.9 cm³/mol. The topological polar surface area (TPSA) is 106 Å². The van der Waals surface area contributed by atoms with E-state index in [1.165, 1.54) is 0 Å². The maximum absolute atomic E-state index is 12.4. The Hall–Kier alpha value is -2.20. The number of carbonyl (C=O) groups is 1. The SMILES string of the molecule is N=C(C(=C[NH2+]c1nc2ccc(Br)cc2[nH]1)C(=O)O)C(F)(F)F. The number of alkyl halides is 3. The van der Waals surface area contributed by atoms with Gasteiger partial charge in [-0.25, -0.2) is 4.79 Å². The summed E-state index contributed by atoms with van der Waals surface area (Å²) in [5.74, 6) is -1.65. The molecule has 2 rings (SSSR count). The van der Waals surface area contributed by atoms with Crippen molar-refractivity contribution in [1.82, 2.24) is 9.97 Å². The number of carboxylic acid groups (broad SMARTS) is 1. The third kappa shape index (κ3) is 3.52. The zero-order valence-electron chi connectivity index (χ0n) is 10.7. The number of fused-ring (bicyclic) bond motifs is 1. The molecule has 0 aliphatic rings. The number of hydrogen-bond donors (Lipinski definition) is 4. The average molecular weight is 378 g/mol. The number of halogens is 4. The number of hydrogen-bond acceptors (Lipinski definition) is 3. The molecule has 6 nitrogen and oxygen atoms in total. The summed E-state index contributed by atoms with van der Waals surface area (Å²) < 4.78 is 38.1. The number of H-pyrrole nitrogens is 1. The molecule has 0 saturated carbocycles. The summed E-state index contributed by atoms with van der Waals surface area (Å²) in [5, 5.41) is 16.8. The van der Waals surface area contributed by atoms with Crippen molar-refractivity contribution in [3.63, 3.8) is 0 Å². The number of nitrogens with two attached hydrogens (primary N) is 1. The summed E-state index contributed by atoms with van der Waals surface area (Å²) in [7, 11) is 0. The van der Waals surface area contributed by atoms with Crippen molar-refractivity contribution in [3.05, 3.63) is 34.4 Å². The Morgan fingerprint density at radius 3 is 2.73 bits per heavy atom. The normalized spacial score (nSPS) is 12.6. The number of carboxylic acids is 1. The monoisotopic (exact) mass is 377 g/mol. The fraction of sp³-hybridized carbons (Fsp3) is 0.0833. The molecule has 0 aliphatic carbocycles. The number of nitrogens with one attached hydrogen (secondary N) is 2. The van der Waals surface area contributed by atoms with E-state index in [0.717, 1.165) is 9.79 Å². The van der Waals surface area contributed by atoms with Crippen LogP contribution in [0.25, 0.3) is 11.0 Å². The second-order valence-electron chi connectivity index (χ2n) is 4.21. The van der Waals surface area contributed by atoms with Crippen molar-refractivity contribution in [2.45, 2.75) is 6.18 Å². The van der Waals surface area contributed by atoms with Gasteiger partial charge in [-0.05, 0) is 18.2 Å². The number of aromatic amines is 1. The van der Waals surface area contributed by atoms with E-state index < -0.39 is 23.4 Å². The summed E-state index contributed by atoms with van der Waals surface area (Å²) >= 11 is 3.26. The Labute approximate surface area is 129 Å². The van der Waals surface area contributed by atoms with E-state index in [4.69, 9.17) is 10.5 Å². The van der Waals surface area contributed by atoms with Crippen molar-refractivity contribution in [2.24, 2.45) is 0 Å². The van der Waals surface area contributed by atoms with Gasteiger partial charge in [0.15, 0.2) is 5.71 Å². The third-order valence-electron chi connectivity index (χ3n) is 2.65. The first kappa shape index (κ1) is 16.2. The van der Waals surface area contributed by atoms with E-state index in [1.807, 2.05) is 0 Å². The molecule has 1 aromatic carbocycles. The highest BCUT2D eigenvalue weighted by atomic mass is 79.9. The molecule has 0 radical (unpaired) electrons. The molecule has 0 unspecified atom stereocenters. The van der Waals surface area contributed by atoms with Gasteiger partial charge in [0, 0.05) is 4.47 Å². The zero-order chi connectivity index (χ0) is 16.5. The van der Waals surface area contributed by atoms with Gasteiger partial charge in [0.25, 0.3) is 0 Å². The Balaban J connectivity index is 2.29. The minimum Gasteiger partial charge on any atom is -0.477 e. The minimum atomic E-state index is -5.03. The molecule has 10 heteroatoms. The molecular formula is C12H9BrF3N4O2+. The molecule has 0 atom stereocenters. The summed E-state index contributed by atoms with van der Waals surface area (Å²) in [6.45, 7) is 0. The zero-order valence-corrected chi connectivity index (χ0v) is 12.3. The fourth-order valence-electron chi connectivity index (χ4n) is 1.66. The summed E-state index contributed by atoms with van der Waals surface area (Å²) in [4.78, 5) is 17.8. The van der Waals surface area contributed by atoms with Crippen molar-refractivity contribution < 1.29 is 28.4 Å². The van der Waals surface area contributed by atoms with Crippen LogP contribution < -0.4 is 5.32 Å². The molecule has 0 amide bonds. The molecule has 0 spiro atoms. The van der Waals surface area contributed by atoms with E-state index in [0.29, 0.717) is 17.2 Å². The molecule has 1 aromatic heterocycles. The van der Waals surface area contributed by atoms with Crippen LogP contribution in [0.4, 0.5) is 19.1 Å². The van der Waals surface area contributed by atoms with Crippen LogP contribution in [0.5, 0.6) is 0 Å². The van der Waals surface area contributed by atoms with Gasteiger partial charge < -0.3 is 5.11 Å². The lowest BCUT2D eigenvalue weighted by Gasteiger charge is -2.07. The number of imidazole rings is 1. The van der Waals surface area contributed by atoms with Gasteiger partial charge in [-0.2, -0.15) is 18.2 Å². The van der Waals surface area contributed by atoms with Crippen LogP contribution in [-0.2, 0) is 4.79 Å². The number of quaternary nitrogens is 1. The van der Waals surface area contributed by atoms with E-state index in [9.17, 15) is 18.0 Å². The standard InChI is InChI=1S/C12H8BrF3N4O2/c13-5-1-2-7-8(3-5)20-11(19-7)18-4-6(10(21)22)9(17)12(14,15)16/h1-4,17H,(H,21,22)(H2,18,19,20)/p+1. The molecule has 1 heterocycles. The molecule has 0 aliphatic heterocycles. The lowest BCUT2D eigenvalue weighted by atomic mass is 10.1. The molecule has 2 aromatic rings. The second-order valence-corrected chi connectivity index (χ2v) is 5.12. The van der Waals surface area contributed by atoms with E-state index in [1.54, 1.807) is 18.2 Å². The summed E-state index contributed by atoms with van der Waals surface area (Å²) in [6.07, 6.45) is -4.33. The van der Waals surface area contributed by atoms with Gasteiger partial charge in [-0.1, -0.05) is 15.9 Å². The quantitative estimate of drug-likeness (QED) is 0.483. The summed E-state index contributed by atoms with van der Waals surface area (Å²) in [6, 6.07) is 5.15. The highest BCUT2D eigenvalue weighted by molar-refractivity contribution is 9.10. The van der Waals surface area contributed by atoms with Gasteiger partial charge in [-0.3, -0.25) is 15.7 Å². The number of nitrogens with zero attached hydrogens (tertiary/aromatic N) is 1. The minimum absolute atomic E-state index is 0.182. The van der Waals surface area contributed by atoms with Gasteiger partial charge in [0.2, 0.25) is 0 Å². The van der Waals surface area contributed by atoms with Gasteiger partial charge in [0.05, 0.1) is 11.0 Å². The molecule has 0 saturated heterocycles. The van der Waals surface area contributed by atoms with Crippen LogP contribution in [0.3, 0.4) is 0 Å². The lowest BCUT2D eigenvalue weighted by Crippen LogP contribution is -2.72. The Morgan fingerprint density at radius 2 is 2.14 bits per heavy atom. The van der Waals surface area contributed by atoms with Crippen molar-refractivity contribution in [2.75, 3.05) is 0 Å². The Bertz CT molecular complexity index is 782. The molecular weight excluding hydrogens is 369 g/mol. The number of benzene rings is 1. The highest BCUT2D eigenvalue weighted by Gasteiger charge is 2.40. The third-order valence-corrected chi connectivity index (χ3v) is 3.15. The van der Waals surface area contributed by atoms with Crippen molar-refractivity contribution >= 4 is 44.6 Å². The number of aliphatic carboxylic acids is 1. The maximum Gasteiger partial charge on any atom is 0.433 e. The lowest BCUT2D eigenvalue weighted by molar-refractivity contribution is -0.504. The Morgan fingerprint density at radius 1 is 1.45 bits per heavy atom. The largest absolute Gasteiger partial charge is 0.477 e. The van der Waals surface area contributed by atoms with Gasteiger partial charge in [-0.15, -0.1) is 0 Å².